The summed E-state index contributed by atoms with van der Waals surface area (Å²) in [5.74, 6) is -0.181. The molecule has 29 heavy (non-hydrogen) atoms. The molecule has 2 aliphatic rings. The van der Waals surface area contributed by atoms with Gasteiger partial charge in [0.1, 0.15) is 6.26 Å². The Balaban J connectivity index is 1.59. The smallest absolute Gasteiger partial charge is 0.360 e. The molecule has 154 valence electrons. The van der Waals surface area contributed by atoms with Crippen molar-refractivity contribution >= 4 is 11.9 Å². The molecule has 0 amide bonds. The first kappa shape index (κ1) is 19.6. The Bertz CT molecular complexity index is 880. The monoisotopic (exact) mass is 398 g/mol. The van der Waals surface area contributed by atoms with Crippen molar-refractivity contribution in [1.82, 2.24) is 9.88 Å². The van der Waals surface area contributed by atoms with Crippen LogP contribution in [-0.2, 0) is 27.2 Å². The molecule has 0 saturated carbocycles. The Morgan fingerprint density at radius 1 is 1.28 bits per heavy atom. The second-order valence-electron chi connectivity index (χ2n) is 7.78. The lowest BCUT2D eigenvalue weighted by atomic mass is 9.70. The lowest BCUT2D eigenvalue weighted by Gasteiger charge is -2.35. The second kappa shape index (κ2) is 7.99. The molecule has 7 heteroatoms. The van der Waals surface area contributed by atoms with E-state index < -0.39 is 11.4 Å². The highest BCUT2D eigenvalue weighted by Gasteiger charge is 2.60. The van der Waals surface area contributed by atoms with E-state index in [9.17, 15) is 9.59 Å². The summed E-state index contributed by atoms with van der Waals surface area (Å²) in [6.45, 7) is 2.68. The highest BCUT2D eigenvalue weighted by molar-refractivity contribution is 5.86. The van der Waals surface area contributed by atoms with Crippen LogP contribution in [0.1, 0.15) is 48.1 Å². The molecule has 0 radical (unpaired) electrons. The van der Waals surface area contributed by atoms with Gasteiger partial charge in [-0.1, -0.05) is 30.3 Å². The predicted molar refractivity (Wildman–Crippen MR) is 104 cm³/mol. The predicted octanol–water partition coefficient (Wildman–Crippen LogP) is 2.99. The maximum absolute atomic E-state index is 13.1. The minimum Gasteiger partial charge on any atom is -0.466 e. The quantitative estimate of drug-likeness (QED) is 0.663. The maximum atomic E-state index is 13.1. The molecule has 3 atom stereocenters. The lowest BCUT2D eigenvalue weighted by Crippen LogP contribution is -2.46. The summed E-state index contributed by atoms with van der Waals surface area (Å²) in [7, 11) is 1.31. The van der Waals surface area contributed by atoms with Crippen molar-refractivity contribution < 1.29 is 23.5 Å². The summed E-state index contributed by atoms with van der Waals surface area (Å²) in [4.78, 5) is 31.3. The highest BCUT2D eigenvalue weighted by Crippen LogP contribution is 2.52. The first-order valence-electron chi connectivity index (χ1n) is 10.1. The summed E-state index contributed by atoms with van der Waals surface area (Å²) >= 11 is 0. The minimum atomic E-state index is -0.571. The number of benzene rings is 1. The molecule has 0 spiro atoms. The molecule has 1 aromatic carbocycles. The molecule has 7 nitrogen and oxygen atoms in total. The van der Waals surface area contributed by atoms with Gasteiger partial charge in [-0.3, -0.25) is 9.69 Å². The average Bonchev–Trinajstić information content (AvgIpc) is 3.43. The van der Waals surface area contributed by atoms with Gasteiger partial charge >= 0.3 is 11.9 Å². The highest BCUT2D eigenvalue weighted by atomic mass is 16.5. The summed E-state index contributed by atoms with van der Waals surface area (Å²) in [5.41, 5.74) is 0.727. The number of esters is 2. The number of ether oxygens (including phenoxy) is 2. The van der Waals surface area contributed by atoms with Crippen LogP contribution in [0.3, 0.4) is 0 Å². The van der Waals surface area contributed by atoms with E-state index in [1.807, 2.05) is 25.1 Å². The van der Waals surface area contributed by atoms with Gasteiger partial charge in [-0.2, -0.15) is 0 Å². The third-order valence-electron chi connectivity index (χ3n) is 6.19. The van der Waals surface area contributed by atoms with Crippen LogP contribution in [0.5, 0.6) is 0 Å². The Labute approximate surface area is 170 Å². The molecule has 1 aromatic heterocycles. The van der Waals surface area contributed by atoms with E-state index in [1.165, 1.54) is 13.4 Å². The van der Waals surface area contributed by atoms with Crippen LogP contribution < -0.4 is 0 Å². The average molecular weight is 398 g/mol. The second-order valence-corrected chi connectivity index (χ2v) is 7.78. The largest absolute Gasteiger partial charge is 0.466 e. The van der Waals surface area contributed by atoms with Crippen LogP contribution in [-0.4, -0.2) is 47.6 Å². The standard InChI is InChI=1S/C22H26N2O5/c1-3-28-21(26)22(11-15-7-5-4-6-8-15)12-16-9-10-18(22)24(16)13-19-23-17(14-29-19)20(25)27-2/h4-8,14,16,18H,3,9-13H2,1-2H3/t16-,18+,22+/m1/s1. The Morgan fingerprint density at radius 3 is 2.79 bits per heavy atom. The van der Waals surface area contributed by atoms with E-state index in [4.69, 9.17) is 13.9 Å². The Morgan fingerprint density at radius 2 is 2.07 bits per heavy atom. The number of aromatic nitrogens is 1. The number of fused-ring (bicyclic) bond motifs is 2. The van der Waals surface area contributed by atoms with Crippen LogP contribution in [0.25, 0.3) is 0 Å². The summed E-state index contributed by atoms with van der Waals surface area (Å²) in [6, 6.07) is 10.4. The zero-order chi connectivity index (χ0) is 20.4. The van der Waals surface area contributed by atoms with E-state index in [1.54, 1.807) is 0 Å². The number of carbonyl (C=O) groups is 2. The van der Waals surface area contributed by atoms with Crippen molar-refractivity contribution in [3.05, 3.63) is 53.7 Å². The Kier molecular flexibility index (Phi) is 5.41. The van der Waals surface area contributed by atoms with Gasteiger partial charge in [-0.05, 0) is 38.2 Å². The number of oxazole rings is 1. The Hall–Kier alpha value is -2.67. The molecule has 2 aliphatic heterocycles. The van der Waals surface area contributed by atoms with E-state index in [0.717, 1.165) is 24.8 Å². The van der Waals surface area contributed by atoms with Gasteiger partial charge in [0.15, 0.2) is 5.69 Å². The molecule has 4 rings (SSSR count). The lowest BCUT2D eigenvalue weighted by molar-refractivity contribution is -0.157. The minimum absolute atomic E-state index is 0.0558. The van der Waals surface area contributed by atoms with Crippen LogP contribution in [0, 0.1) is 5.41 Å². The van der Waals surface area contributed by atoms with Crippen LogP contribution in [0.4, 0.5) is 0 Å². The zero-order valence-electron chi connectivity index (χ0n) is 16.8. The third kappa shape index (κ3) is 3.55. The van der Waals surface area contributed by atoms with Crippen molar-refractivity contribution in [2.45, 2.75) is 51.2 Å². The number of nitrogens with zero attached hydrogens (tertiary/aromatic N) is 2. The number of rotatable bonds is 7. The maximum Gasteiger partial charge on any atom is 0.360 e. The first-order chi connectivity index (χ1) is 14.1. The fraction of sp³-hybridized carbons (Fsp3) is 0.500. The zero-order valence-corrected chi connectivity index (χ0v) is 16.8. The van der Waals surface area contributed by atoms with E-state index >= 15 is 0 Å². The van der Waals surface area contributed by atoms with Gasteiger partial charge in [0.2, 0.25) is 5.89 Å². The van der Waals surface area contributed by atoms with Crippen molar-refractivity contribution in [2.75, 3.05) is 13.7 Å². The van der Waals surface area contributed by atoms with Crippen molar-refractivity contribution in [3.8, 4) is 0 Å². The SMILES string of the molecule is CCOC(=O)[C@@]1(Cc2ccccc2)C[C@H]2CC[C@@H]1N2Cc1nc(C(=O)OC)co1. The number of hydrogen-bond donors (Lipinski definition) is 0. The van der Waals surface area contributed by atoms with Gasteiger partial charge in [0, 0.05) is 12.1 Å². The molecular weight excluding hydrogens is 372 g/mol. The van der Waals surface area contributed by atoms with Gasteiger partial charge in [0.25, 0.3) is 0 Å². The van der Waals surface area contributed by atoms with Crippen LogP contribution >= 0.6 is 0 Å². The number of hydrogen-bond acceptors (Lipinski definition) is 7. The molecule has 2 bridgehead atoms. The van der Waals surface area contributed by atoms with E-state index in [-0.39, 0.29) is 23.7 Å². The summed E-state index contributed by atoms with van der Waals surface area (Å²) < 4.78 is 15.7. The molecular formula is C22H26N2O5. The van der Waals surface area contributed by atoms with E-state index in [0.29, 0.717) is 25.5 Å². The van der Waals surface area contributed by atoms with Crippen LogP contribution in [0.15, 0.2) is 41.0 Å². The van der Waals surface area contributed by atoms with Crippen molar-refractivity contribution in [1.29, 1.82) is 0 Å². The van der Waals surface area contributed by atoms with Gasteiger partial charge < -0.3 is 13.9 Å². The molecule has 0 N–H and O–H groups in total. The summed E-state index contributed by atoms with van der Waals surface area (Å²) in [6.07, 6.45) is 4.70. The molecule has 2 saturated heterocycles. The molecule has 0 aliphatic carbocycles. The fourth-order valence-electron chi connectivity index (χ4n) is 5.00. The summed E-state index contributed by atoms with van der Waals surface area (Å²) in [5, 5.41) is 0. The number of carbonyl (C=O) groups excluding carboxylic acids is 2. The molecule has 3 heterocycles. The van der Waals surface area contributed by atoms with Crippen molar-refractivity contribution in [2.24, 2.45) is 5.41 Å². The van der Waals surface area contributed by atoms with E-state index in [2.05, 4.69) is 22.0 Å². The van der Waals surface area contributed by atoms with Gasteiger partial charge in [-0.15, -0.1) is 0 Å². The fourth-order valence-corrected chi connectivity index (χ4v) is 5.00. The van der Waals surface area contributed by atoms with Gasteiger partial charge in [0.05, 0.1) is 25.7 Å². The number of methoxy groups -OCH3 is 1. The molecule has 2 fully saturated rings. The topological polar surface area (TPSA) is 81.9 Å². The molecule has 2 aromatic rings. The molecule has 0 unspecified atom stereocenters. The third-order valence-corrected chi connectivity index (χ3v) is 6.19. The van der Waals surface area contributed by atoms with Gasteiger partial charge in [-0.25, -0.2) is 9.78 Å². The van der Waals surface area contributed by atoms with Crippen LogP contribution in [0.2, 0.25) is 0 Å². The first-order valence-corrected chi connectivity index (χ1v) is 10.1. The normalized spacial score (nSPS) is 25.9. The van der Waals surface area contributed by atoms with Crippen molar-refractivity contribution in [3.63, 3.8) is 0 Å².